The maximum Gasteiger partial charge on any atom is 0.416 e. The molecule has 2 aliphatic heterocycles. The van der Waals surface area contributed by atoms with Crippen molar-refractivity contribution in [2.75, 3.05) is 44.9 Å². The fourth-order valence-corrected chi connectivity index (χ4v) is 5.92. The van der Waals surface area contributed by atoms with E-state index in [2.05, 4.69) is 15.6 Å². The predicted octanol–water partition coefficient (Wildman–Crippen LogP) is 4.86. The van der Waals surface area contributed by atoms with Crippen molar-refractivity contribution in [3.05, 3.63) is 77.5 Å². The van der Waals surface area contributed by atoms with Gasteiger partial charge >= 0.3 is 6.18 Å². The van der Waals surface area contributed by atoms with Gasteiger partial charge in [0.05, 0.1) is 41.7 Å². The second-order valence-electron chi connectivity index (χ2n) is 10.7. The molecular weight excluding hydrogens is 550 g/mol. The van der Waals surface area contributed by atoms with Crippen LogP contribution in [-0.4, -0.2) is 56.9 Å². The number of amides is 1. The quantitative estimate of drug-likeness (QED) is 0.388. The Hall–Kier alpha value is -4.17. The van der Waals surface area contributed by atoms with Gasteiger partial charge in [0, 0.05) is 49.9 Å². The van der Waals surface area contributed by atoms with E-state index in [-0.39, 0.29) is 23.4 Å². The van der Waals surface area contributed by atoms with Crippen LogP contribution in [0.4, 0.5) is 23.2 Å². The summed E-state index contributed by atoms with van der Waals surface area (Å²) in [5.41, 5.74) is 0.579. The van der Waals surface area contributed by atoms with Crippen molar-refractivity contribution < 1.29 is 27.1 Å². The van der Waals surface area contributed by atoms with Crippen molar-refractivity contribution in [3.8, 4) is 23.1 Å². The van der Waals surface area contributed by atoms with Crippen LogP contribution < -0.4 is 20.3 Å². The molecular formula is C31H31F4N5O2. The summed E-state index contributed by atoms with van der Waals surface area (Å²) in [4.78, 5) is 20.5. The van der Waals surface area contributed by atoms with E-state index in [0.717, 1.165) is 17.7 Å². The molecule has 5 rings (SSSR count). The fourth-order valence-electron chi connectivity index (χ4n) is 5.92. The Bertz CT molecular complexity index is 1460. The smallest absolute Gasteiger partial charge is 0.416 e. The summed E-state index contributed by atoms with van der Waals surface area (Å²) in [5, 5.41) is 15.8. The molecule has 0 spiro atoms. The standard InChI is InChI=1S/C31H31F4N5O2/c1-42-28-5-3-2-4-24(28)25-8-6-23(18-38-25)30(29(41)39-26-19-37-17-21(26)15-32)10-12-40(13-11-30)27-9-7-22(31(33,34)35)14-20(27)16-36/h2-9,14,18,21,26,37H,10-13,15,17,19H2,1H3,(H,39,41)/t21-,26+/m1/s1. The summed E-state index contributed by atoms with van der Waals surface area (Å²) in [5.74, 6) is 0.0888. The number of aromatic nitrogens is 1. The zero-order chi connectivity index (χ0) is 29.9. The number of benzene rings is 2. The largest absolute Gasteiger partial charge is 0.496 e. The van der Waals surface area contributed by atoms with E-state index < -0.39 is 23.8 Å². The van der Waals surface area contributed by atoms with E-state index in [1.54, 1.807) is 13.3 Å². The van der Waals surface area contributed by atoms with Gasteiger partial charge in [0.15, 0.2) is 0 Å². The van der Waals surface area contributed by atoms with Gasteiger partial charge in [0.2, 0.25) is 5.91 Å². The maximum atomic E-state index is 14.0. The molecule has 3 aromatic rings. The Morgan fingerprint density at radius 1 is 1.17 bits per heavy atom. The summed E-state index contributed by atoms with van der Waals surface area (Å²) in [7, 11) is 1.58. The zero-order valence-corrected chi connectivity index (χ0v) is 23.0. The molecule has 220 valence electrons. The van der Waals surface area contributed by atoms with Gasteiger partial charge in [-0.2, -0.15) is 18.4 Å². The number of pyridine rings is 1. The van der Waals surface area contributed by atoms with Crippen LogP contribution in [-0.2, 0) is 16.4 Å². The topological polar surface area (TPSA) is 90.3 Å². The number of carbonyl (C=O) groups is 1. The summed E-state index contributed by atoms with van der Waals surface area (Å²) < 4.78 is 58.8. The van der Waals surface area contributed by atoms with Crippen molar-refractivity contribution in [3.63, 3.8) is 0 Å². The third-order valence-corrected chi connectivity index (χ3v) is 8.39. The van der Waals surface area contributed by atoms with Crippen LogP contribution >= 0.6 is 0 Å². The second kappa shape index (κ2) is 12.0. The number of nitrogens with one attached hydrogen (secondary N) is 2. The lowest BCUT2D eigenvalue weighted by atomic mass is 9.72. The maximum absolute atomic E-state index is 14.0. The molecule has 0 saturated carbocycles. The van der Waals surface area contributed by atoms with Crippen LogP contribution in [0.3, 0.4) is 0 Å². The van der Waals surface area contributed by atoms with Gasteiger partial charge in [0.1, 0.15) is 11.8 Å². The first-order valence-corrected chi connectivity index (χ1v) is 13.7. The number of carbonyl (C=O) groups excluding carboxylic acids is 1. The molecule has 42 heavy (non-hydrogen) atoms. The van der Waals surface area contributed by atoms with E-state index in [4.69, 9.17) is 4.74 Å². The normalized spacial score (nSPS) is 20.1. The number of hydrogen-bond acceptors (Lipinski definition) is 6. The highest BCUT2D eigenvalue weighted by atomic mass is 19.4. The first kappa shape index (κ1) is 29.3. The van der Waals surface area contributed by atoms with Gasteiger partial charge < -0.3 is 20.3 Å². The van der Waals surface area contributed by atoms with Crippen LogP contribution in [0.1, 0.15) is 29.5 Å². The number of nitrogens with zero attached hydrogens (tertiary/aromatic N) is 3. The molecule has 0 unspecified atom stereocenters. The van der Waals surface area contributed by atoms with Gasteiger partial charge in [-0.15, -0.1) is 0 Å². The average Bonchev–Trinajstić information content (AvgIpc) is 3.47. The van der Waals surface area contributed by atoms with Gasteiger partial charge in [-0.1, -0.05) is 18.2 Å². The summed E-state index contributed by atoms with van der Waals surface area (Å²) in [6.45, 7) is 1.01. The minimum absolute atomic E-state index is 0.0765. The van der Waals surface area contributed by atoms with Crippen LogP contribution in [0.25, 0.3) is 11.3 Å². The van der Waals surface area contributed by atoms with Gasteiger partial charge in [-0.3, -0.25) is 14.2 Å². The lowest BCUT2D eigenvalue weighted by molar-refractivity contribution is -0.137. The molecule has 11 heteroatoms. The number of alkyl halides is 4. The predicted molar refractivity (Wildman–Crippen MR) is 150 cm³/mol. The molecule has 0 aliphatic carbocycles. The Morgan fingerprint density at radius 2 is 1.93 bits per heavy atom. The molecule has 1 amide bonds. The molecule has 7 nitrogen and oxygen atoms in total. The number of nitriles is 1. The monoisotopic (exact) mass is 581 g/mol. The highest BCUT2D eigenvalue weighted by Gasteiger charge is 2.45. The number of piperidine rings is 1. The second-order valence-corrected chi connectivity index (χ2v) is 10.7. The third-order valence-electron chi connectivity index (χ3n) is 8.39. The Balaban J connectivity index is 1.45. The van der Waals surface area contributed by atoms with Gasteiger partial charge in [0.25, 0.3) is 0 Å². The first-order valence-electron chi connectivity index (χ1n) is 13.7. The highest BCUT2D eigenvalue weighted by Crippen LogP contribution is 2.40. The number of rotatable bonds is 7. The van der Waals surface area contributed by atoms with Crippen LogP contribution in [0.2, 0.25) is 0 Å². The van der Waals surface area contributed by atoms with Gasteiger partial charge in [-0.05, 0) is 54.8 Å². The molecule has 2 saturated heterocycles. The molecule has 2 atom stereocenters. The summed E-state index contributed by atoms with van der Waals surface area (Å²) in [6, 6.07) is 15.8. The molecule has 1 aromatic heterocycles. The minimum Gasteiger partial charge on any atom is -0.496 e. The number of halogens is 4. The van der Waals surface area contributed by atoms with Crippen molar-refractivity contribution in [2.45, 2.75) is 30.5 Å². The molecule has 3 heterocycles. The van der Waals surface area contributed by atoms with E-state index in [9.17, 15) is 27.6 Å². The lowest BCUT2D eigenvalue weighted by Gasteiger charge is -2.42. The molecule has 2 N–H and O–H groups in total. The van der Waals surface area contributed by atoms with Gasteiger partial charge in [-0.25, -0.2) is 0 Å². The molecule has 2 fully saturated rings. The van der Waals surface area contributed by atoms with Crippen molar-refractivity contribution in [2.24, 2.45) is 5.92 Å². The highest BCUT2D eigenvalue weighted by molar-refractivity contribution is 5.89. The third kappa shape index (κ3) is 5.63. The molecule has 0 radical (unpaired) electrons. The van der Waals surface area contributed by atoms with E-state index in [1.807, 2.05) is 47.4 Å². The molecule has 2 aromatic carbocycles. The van der Waals surface area contributed by atoms with Crippen molar-refractivity contribution in [1.29, 1.82) is 5.26 Å². The number of para-hydroxylation sites is 1. The van der Waals surface area contributed by atoms with E-state index >= 15 is 0 Å². The Kier molecular flexibility index (Phi) is 8.36. The Labute approximate surface area is 241 Å². The summed E-state index contributed by atoms with van der Waals surface area (Å²) in [6.07, 6.45) is -2.24. The SMILES string of the molecule is COc1ccccc1-c1ccc(C2(C(=O)N[C@H]3CNC[C@H]3CF)CCN(c3ccc(C(F)(F)F)cc3C#N)CC2)cn1. The van der Waals surface area contributed by atoms with Crippen LogP contribution in [0.5, 0.6) is 5.75 Å². The van der Waals surface area contributed by atoms with E-state index in [1.165, 1.54) is 6.07 Å². The Morgan fingerprint density at radius 3 is 2.57 bits per heavy atom. The minimum atomic E-state index is -4.56. The number of methoxy groups -OCH3 is 1. The van der Waals surface area contributed by atoms with Crippen molar-refractivity contribution in [1.82, 2.24) is 15.6 Å². The lowest BCUT2D eigenvalue weighted by Crippen LogP contribution is -2.55. The van der Waals surface area contributed by atoms with Crippen LogP contribution in [0, 0.1) is 17.2 Å². The molecule has 2 aliphatic rings. The number of hydrogen-bond donors (Lipinski definition) is 2. The molecule has 0 bridgehead atoms. The van der Waals surface area contributed by atoms with Crippen LogP contribution in [0.15, 0.2) is 60.8 Å². The summed E-state index contributed by atoms with van der Waals surface area (Å²) >= 11 is 0. The number of anilines is 1. The first-order chi connectivity index (χ1) is 20.2. The average molecular weight is 582 g/mol. The van der Waals surface area contributed by atoms with E-state index in [0.29, 0.717) is 61.7 Å². The zero-order valence-electron chi connectivity index (χ0n) is 23.0. The fraction of sp³-hybridized carbons (Fsp3) is 0.387. The number of ether oxygens (including phenoxy) is 1. The van der Waals surface area contributed by atoms with Crippen molar-refractivity contribution >= 4 is 11.6 Å².